The van der Waals surface area contributed by atoms with E-state index in [0.717, 1.165) is 27.5 Å². The van der Waals surface area contributed by atoms with Crippen molar-refractivity contribution in [3.05, 3.63) is 76.3 Å². The molecule has 4 aromatic rings. The van der Waals surface area contributed by atoms with Crippen LogP contribution in [0.5, 0.6) is 0 Å². The summed E-state index contributed by atoms with van der Waals surface area (Å²) in [5.74, 6) is 0. The average Bonchev–Trinajstić information content (AvgIpc) is 2.94. The predicted molar refractivity (Wildman–Crippen MR) is 115 cm³/mol. The summed E-state index contributed by atoms with van der Waals surface area (Å²) in [5, 5.41) is 17.4. The van der Waals surface area contributed by atoms with Crippen molar-refractivity contribution in [3.8, 4) is 0 Å². The number of aromatic nitrogens is 1. The van der Waals surface area contributed by atoms with Gasteiger partial charge in [-0.3, -0.25) is 0 Å². The minimum Gasteiger partial charge on any atom is -0.389 e. The number of hydrogen-bond donors (Lipinski definition) is 2. The Balaban J connectivity index is 1.63. The molecule has 138 valence electrons. The van der Waals surface area contributed by atoms with E-state index in [1.165, 1.54) is 5.56 Å². The molecular weight excluding hydrogens is 379 g/mol. The predicted octanol–water partition coefficient (Wildman–Crippen LogP) is 5.88. The third-order valence-corrected chi connectivity index (χ3v) is 5.25. The molecule has 0 bridgehead atoms. The highest BCUT2D eigenvalue weighted by Crippen LogP contribution is 2.33. The summed E-state index contributed by atoms with van der Waals surface area (Å²) in [6.07, 6.45) is -0.545. The molecule has 3 aromatic carbocycles. The smallest absolute Gasteiger partial charge is 0.0891 e. The molecule has 5 heteroatoms. The quantitative estimate of drug-likeness (QED) is 0.440. The zero-order chi connectivity index (χ0) is 19.0. The Labute approximate surface area is 168 Å². The van der Waals surface area contributed by atoms with Crippen LogP contribution in [0, 0.1) is 6.92 Å². The van der Waals surface area contributed by atoms with Gasteiger partial charge in [-0.15, -0.1) is 0 Å². The Morgan fingerprint density at radius 3 is 2.00 bits per heavy atom. The van der Waals surface area contributed by atoms with Gasteiger partial charge in [0, 0.05) is 44.1 Å². The Bertz CT molecular complexity index is 1040. The minimum atomic E-state index is -0.545. The standard InChI is InChI=1S/C22H20Cl2N2O/c1-14-2-6-17(7-3-14)25-12-18(27)13-26-21-8-4-15(23)10-19(21)20-11-16(24)5-9-22(20)26/h2-11,18,25,27H,12-13H2,1H3/t18-/m0/s1. The largest absolute Gasteiger partial charge is 0.389 e. The van der Waals surface area contributed by atoms with Gasteiger partial charge in [0.2, 0.25) is 0 Å². The first kappa shape index (κ1) is 18.2. The molecule has 27 heavy (non-hydrogen) atoms. The van der Waals surface area contributed by atoms with E-state index in [9.17, 15) is 5.11 Å². The maximum absolute atomic E-state index is 10.6. The minimum absolute atomic E-state index is 0.464. The van der Waals surface area contributed by atoms with Crippen LogP contribution < -0.4 is 5.32 Å². The van der Waals surface area contributed by atoms with E-state index in [0.29, 0.717) is 23.1 Å². The van der Waals surface area contributed by atoms with E-state index < -0.39 is 6.10 Å². The van der Waals surface area contributed by atoms with Crippen molar-refractivity contribution < 1.29 is 5.11 Å². The van der Waals surface area contributed by atoms with Crippen molar-refractivity contribution in [2.24, 2.45) is 0 Å². The lowest BCUT2D eigenvalue weighted by Crippen LogP contribution is -2.24. The number of fused-ring (bicyclic) bond motifs is 3. The molecule has 0 fully saturated rings. The molecule has 0 radical (unpaired) electrons. The summed E-state index contributed by atoms with van der Waals surface area (Å²) >= 11 is 12.4. The van der Waals surface area contributed by atoms with Gasteiger partial charge in [0.15, 0.2) is 0 Å². The van der Waals surface area contributed by atoms with E-state index in [-0.39, 0.29) is 0 Å². The maximum atomic E-state index is 10.6. The molecule has 4 rings (SSSR count). The molecule has 0 spiro atoms. The van der Waals surface area contributed by atoms with Gasteiger partial charge in [-0.05, 0) is 55.5 Å². The van der Waals surface area contributed by atoms with Crippen LogP contribution in [0.3, 0.4) is 0 Å². The van der Waals surface area contributed by atoms with Crippen LogP contribution in [-0.4, -0.2) is 22.3 Å². The van der Waals surface area contributed by atoms with Gasteiger partial charge in [-0.25, -0.2) is 0 Å². The van der Waals surface area contributed by atoms with Gasteiger partial charge in [0.25, 0.3) is 0 Å². The molecule has 0 unspecified atom stereocenters. The van der Waals surface area contributed by atoms with Crippen molar-refractivity contribution in [2.75, 3.05) is 11.9 Å². The molecule has 1 heterocycles. The lowest BCUT2D eigenvalue weighted by atomic mass is 10.1. The Hall–Kier alpha value is -2.20. The first-order chi connectivity index (χ1) is 13.0. The third kappa shape index (κ3) is 3.77. The summed E-state index contributed by atoms with van der Waals surface area (Å²) < 4.78 is 2.12. The molecule has 1 atom stereocenters. The zero-order valence-electron chi connectivity index (χ0n) is 14.9. The second-order valence-electron chi connectivity index (χ2n) is 6.83. The molecule has 0 amide bonds. The highest BCUT2D eigenvalue weighted by molar-refractivity contribution is 6.33. The molecule has 1 aromatic heterocycles. The fraction of sp³-hybridized carbons (Fsp3) is 0.182. The number of hydrogen-bond acceptors (Lipinski definition) is 2. The lowest BCUT2D eigenvalue weighted by Gasteiger charge is -2.16. The van der Waals surface area contributed by atoms with Crippen molar-refractivity contribution in [2.45, 2.75) is 19.6 Å². The normalized spacial score (nSPS) is 12.6. The van der Waals surface area contributed by atoms with Crippen LogP contribution in [0.15, 0.2) is 60.7 Å². The van der Waals surface area contributed by atoms with E-state index in [1.807, 2.05) is 48.5 Å². The molecule has 2 N–H and O–H groups in total. The number of nitrogens with zero attached hydrogens (tertiary/aromatic N) is 1. The van der Waals surface area contributed by atoms with Gasteiger partial charge >= 0.3 is 0 Å². The second kappa shape index (κ2) is 7.43. The van der Waals surface area contributed by atoms with Crippen LogP contribution in [-0.2, 0) is 6.54 Å². The van der Waals surface area contributed by atoms with Gasteiger partial charge in [-0.2, -0.15) is 0 Å². The lowest BCUT2D eigenvalue weighted by molar-refractivity contribution is 0.169. The number of nitrogens with one attached hydrogen (secondary N) is 1. The average molecular weight is 399 g/mol. The Kier molecular flexibility index (Phi) is 5.00. The Morgan fingerprint density at radius 2 is 1.44 bits per heavy atom. The van der Waals surface area contributed by atoms with Crippen LogP contribution in [0.2, 0.25) is 10.0 Å². The van der Waals surface area contributed by atoms with Crippen molar-refractivity contribution >= 4 is 50.7 Å². The van der Waals surface area contributed by atoms with E-state index >= 15 is 0 Å². The fourth-order valence-electron chi connectivity index (χ4n) is 3.43. The van der Waals surface area contributed by atoms with Gasteiger partial charge in [-0.1, -0.05) is 40.9 Å². The number of aliphatic hydroxyl groups excluding tert-OH is 1. The van der Waals surface area contributed by atoms with Crippen LogP contribution in [0.1, 0.15) is 5.56 Å². The summed E-state index contributed by atoms with van der Waals surface area (Å²) in [6.45, 7) is 2.99. The number of benzene rings is 3. The molecule has 0 aliphatic rings. The molecular formula is C22H20Cl2N2O. The van der Waals surface area contributed by atoms with Crippen molar-refractivity contribution in [1.82, 2.24) is 4.57 Å². The maximum Gasteiger partial charge on any atom is 0.0891 e. The van der Waals surface area contributed by atoms with Crippen LogP contribution in [0.25, 0.3) is 21.8 Å². The number of rotatable bonds is 5. The molecule has 0 aliphatic heterocycles. The molecule has 0 saturated carbocycles. The van der Waals surface area contributed by atoms with E-state index in [1.54, 1.807) is 0 Å². The second-order valence-corrected chi connectivity index (χ2v) is 7.71. The molecule has 0 saturated heterocycles. The van der Waals surface area contributed by atoms with Crippen molar-refractivity contribution in [3.63, 3.8) is 0 Å². The number of anilines is 1. The van der Waals surface area contributed by atoms with E-state index in [2.05, 4.69) is 28.9 Å². The molecule has 3 nitrogen and oxygen atoms in total. The fourth-order valence-corrected chi connectivity index (χ4v) is 3.77. The number of halogens is 2. The summed E-state index contributed by atoms with van der Waals surface area (Å²) in [7, 11) is 0. The highest BCUT2D eigenvalue weighted by atomic mass is 35.5. The summed E-state index contributed by atoms with van der Waals surface area (Å²) in [4.78, 5) is 0. The summed E-state index contributed by atoms with van der Waals surface area (Å²) in [5.41, 5.74) is 4.28. The molecule has 0 aliphatic carbocycles. The van der Waals surface area contributed by atoms with Crippen molar-refractivity contribution in [1.29, 1.82) is 0 Å². The van der Waals surface area contributed by atoms with Gasteiger partial charge < -0.3 is 15.0 Å². The van der Waals surface area contributed by atoms with Gasteiger partial charge in [0.1, 0.15) is 0 Å². The highest BCUT2D eigenvalue weighted by Gasteiger charge is 2.14. The summed E-state index contributed by atoms with van der Waals surface area (Å²) in [6, 6.07) is 19.8. The zero-order valence-corrected chi connectivity index (χ0v) is 16.4. The Morgan fingerprint density at radius 1 is 0.889 bits per heavy atom. The monoisotopic (exact) mass is 398 g/mol. The van der Waals surface area contributed by atoms with Crippen LogP contribution >= 0.6 is 23.2 Å². The number of aliphatic hydroxyl groups is 1. The van der Waals surface area contributed by atoms with E-state index in [4.69, 9.17) is 23.2 Å². The van der Waals surface area contributed by atoms with Crippen LogP contribution in [0.4, 0.5) is 5.69 Å². The first-order valence-electron chi connectivity index (χ1n) is 8.87. The third-order valence-electron chi connectivity index (χ3n) is 4.78. The SMILES string of the molecule is Cc1ccc(NC[C@H](O)Cn2c3ccc(Cl)cc3c3cc(Cl)ccc32)cc1. The first-order valence-corrected chi connectivity index (χ1v) is 9.62. The number of aryl methyl sites for hydroxylation is 1. The van der Waals surface area contributed by atoms with Gasteiger partial charge in [0.05, 0.1) is 12.6 Å². The topological polar surface area (TPSA) is 37.2 Å².